The van der Waals surface area contributed by atoms with Crippen LogP contribution in [0, 0.1) is 23.2 Å². The van der Waals surface area contributed by atoms with Crippen molar-refractivity contribution >= 4 is 5.91 Å². The molecule has 2 saturated carbocycles. The van der Waals surface area contributed by atoms with Crippen molar-refractivity contribution < 1.29 is 28.9 Å². The van der Waals surface area contributed by atoms with Crippen LogP contribution in [0.1, 0.15) is 80.9 Å². The number of alkyl halides is 2. The van der Waals surface area contributed by atoms with Gasteiger partial charge >= 0.3 is 0 Å². The highest BCUT2D eigenvalue weighted by molar-refractivity contribution is 5.75. The summed E-state index contributed by atoms with van der Waals surface area (Å²) >= 11 is 0. The summed E-state index contributed by atoms with van der Waals surface area (Å²) in [6, 6.07) is 10.0. The minimum Gasteiger partial charge on any atom is -0.508 e. The third-order valence-electron chi connectivity index (χ3n) is 9.58. The van der Waals surface area contributed by atoms with Crippen LogP contribution in [-0.4, -0.2) is 27.1 Å². The summed E-state index contributed by atoms with van der Waals surface area (Å²) in [5.74, 6) is -2.50. The number of aryl methyl sites for hydroxylation is 1. The summed E-state index contributed by atoms with van der Waals surface area (Å²) in [6.07, 6.45) is 5.39. The van der Waals surface area contributed by atoms with Gasteiger partial charge in [0.05, 0.1) is 0 Å². The van der Waals surface area contributed by atoms with Crippen LogP contribution in [0.5, 0.6) is 17.2 Å². The number of nitrogens with one attached hydrogen (secondary N) is 1. The van der Waals surface area contributed by atoms with Crippen LogP contribution in [0.4, 0.5) is 8.78 Å². The second-order valence-corrected chi connectivity index (χ2v) is 11.7. The van der Waals surface area contributed by atoms with Crippen molar-refractivity contribution in [2.24, 2.45) is 23.2 Å². The molecule has 0 radical (unpaired) electrons. The van der Waals surface area contributed by atoms with E-state index < -0.39 is 11.3 Å². The third-order valence-corrected chi connectivity index (χ3v) is 9.58. The lowest BCUT2D eigenvalue weighted by atomic mass is 9.53. The van der Waals surface area contributed by atoms with E-state index in [1.165, 1.54) is 23.3 Å². The van der Waals surface area contributed by atoms with Gasteiger partial charge in [-0.25, -0.2) is 8.78 Å². The first-order valence-corrected chi connectivity index (χ1v) is 13.6. The standard InChI is InChI=1S/C30H37F2NO4/c1-29-13-12-23-22-10-8-21(34)15-19(22)7-9-24(23)28(29)20(16-30(29,31)32)4-2-3-5-27(37)33-17-18-6-11-25(35)26(36)14-18/h6,8,10-11,14-15,20,23-24,28,34-36H,2-5,7,9,12-13,16-17H2,1H3,(H,33,37)/t20?,23-,24-,28+,29+/m1/s1. The van der Waals surface area contributed by atoms with Crippen LogP contribution in [0.15, 0.2) is 36.4 Å². The maximum atomic E-state index is 15.4. The molecule has 5 nitrogen and oxygen atoms in total. The molecule has 0 bridgehead atoms. The maximum absolute atomic E-state index is 15.4. The molecule has 0 aliphatic heterocycles. The van der Waals surface area contributed by atoms with Gasteiger partial charge in [-0.15, -0.1) is 0 Å². The number of rotatable bonds is 7. The highest BCUT2D eigenvalue weighted by Gasteiger charge is 2.67. The first kappa shape index (κ1) is 25.8. The summed E-state index contributed by atoms with van der Waals surface area (Å²) in [7, 11) is 0. The van der Waals surface area contributed by atoms with Gasteiger partial charge in [-0.2, -0.15) is 0 Å². The number of phenolic OH excluding ortho intramolecular Hbond substituents is 3. The van der Waals surface area contributed by atoms with E-state index >= 15 is 8.78 Å². The van der Waals surface area contributed by atoms with Crippen molar-refractivity contribution in [1.82, 2.24) is 5.32 Å². The van der Waals surface area contributed by atoms with Crippen molar-refractivity contribution in [1.29, 1.82) is 0 Å². The number of hydrogen-bond donors (Lipinski definition) is 4. The molecule has 0 heterocycles. The largest absolute Gasteiger partial charge is 0.508 e. The summed E-state index contributed by atoms with van der Waals surface area (Å²) in [6.45, 7) is 2.07. The molecule has 3 aliphatic rings. The fourth-order valence-electron chi connectivity index (χ4n) is 7.75. The molecule has 0 aromatic heterocycles. The monoisotopic (exact) mass is 513 g/mol. The predicted molar refractivity (Wildman–Crippen MR) is 137 cm³/mol. The van der Waals surface area contributed by atoms with E-state index in [1.807, 2.05) is 19.1 Å². The van der Waals surface area contributed by atoms with Crippen LogP contribution in [0.2, 0.25) is 0 Å². The van der Waals surface area contributed by atoms with Crippen LogP contribution in [0.3, 0.4) is 0 Å². The van der Waals surface area contributed by atoms with E-state index in [-0.39, 0.29) is 59.8 Å². The lowest BCUT2D eigenvalue weighted by molar-refractivity contribution is -0.133. The predicted octanol–water partition coefficient (Wildman–Crippen LogP) is 6.40. The first-order valence-electron chi connectivity index (χ1n) is 13.6. The van der Waals surface area contributed by atoms with Gasteiger partial charge in [-0.3, -0.25) is 4.79 Å². The average molecular weight is 514 g/mol. The molecule has 3 aliphatic carbocycles. The number of unbranched alkanes of at least 4 members (excludes halogenated alkanes) is 1. The molecule has 0 saturated heterocycles. The molecule has 200 valence electrons. The fraction of sp³-hybridized carbons (Fsp3) is 0.567. The number of aromatic hydroxyl groups is 3. The zero-order valence-electron chi connectivity index (χ0n) is 21.4. The number of carbonyl (C=O) groups is 1. The Balaban J connectivity index is 1.19. The summed E-state index contributed by atoms with van der Waals surface area (Å²) < 4.78 is 30.9. The number of benzene rings is 2. The molecular weight excluding hydrogens is 476 g/mol. The maximum Gasteiger partial charge on any atom is 0.253 e. The average Bonchev–Trinajstić information content (AvgIpc) is 3.07. The highest BCUT2D eigenvalue weighted by Crippen LogP contribution is 2.68. The van der Waals surface area contributed by atoms with Gasteiger partial charge < -0.3 is 20.6 Å². The smallest absolute Gasteiger partial charge is 0.253 e. The van der Waals surface area contributed by atoms with E-state index in [1.54, 1.807) is 12.1 Å². The van der Waals surface area contributed by atoms with E-state index in [0.29, 0.717) is 31.2 Å². The Morgan fingerprint density at radius 3 is 2.65 bits per heavy atom. The molecular formula is C30H37F2NO4. The Hall–Kier alpha value is -2.83. The SMILES string of the molecule is C[C@]12CC[C@@H]3c4ccc(O)cc4CC[C@H]3[C@@H]1C(CCCCC(=O)NCc1ccc(O)c(O)c1)CC2(F)F. The first-order chi connectivity index (χ1) is 17.6. The molecule has 2 aromatic rings. The number of amides is 1. The van der Waals surface area contributed by atoms with Crippen molar-refractivity contribution in [3.63, 3.8) is 0 Å². The number of phenols is 3. The van der Waals surface area contributed by atoms with Gasteiger partial charge in [0.25, 0.3) is 5.92 Å². The summed E-state index contributed by atoms with van der Waals surface area (Å²) in [5, 5.41) is 31.7. The van der Waals surface area contributed by atoms with Gasteiger partial charge in [0.15, 0.2) is 11.5 Å². The second-order valence-electron chi connectivity index (χ2n) is 11.7. The van der Waals surface area contributed by atoms with Gasteiger partial charge in [-0.05, 0) is 103 Å². The molecule has 5 atom stereocenters. The molecule has 2 aromatic carbocycles. The van der Waals surface area contributed by atoms with Gasteiger partial charge in [0.1, 0.15) is 5.75 Å². The quantitative estimate of drug-likeness (QED) is 0.255. The molecule has 0 spiro atoms. The molecule has 4 N–H and O–H groups in total. The molecule has 2 fully saturated rings. The van der Waals surface area contributed by atoms with Crippen LogP contribution in [-0.2, 0) is 17.8 Å². The Kier molecular flexibility index (Phi) is 6.84. The van der Waals surface area contributed by atoms with Crippen molar-refractivity contribution in [3.05, 3.63) is 53.1 Å². The number of fused-ring (bicyclic) bond motifs is 5. The number of hydrogen-bond acceptors (Lipinski definition) is 4. The normalized spacial score (nSPS) is 29.7. The van der Waals surface area contributed by atoms with E-state index in [2.05, 4.69) is 5.32 Å². The second kappa shape index (κ2) is 9.80. The van der Waals surface area contributed by atoms with Crippen molar-refractivity contribution in [2.75, 3.05) is 0 Å². The van der Waals surface area contributed by atoms with Crippen LogP contribution < -0.4 is 5.32 Å². The van der Waals surface area contributed by atoms with Crippen LogP contribution in [0.25, 0.3) is 0 Å². The Morgan fingerprint density at radius 1 is 1.05 bits per heavy atom. The Morgan fingerprint density at radius 2 is 1.86 bits per heavy atom. The fourth-order valence-corrected chi connectivity index (χ4v) is 7.75. The van der Waals surface area contributed by atoms with E-state index in [0.717, 1.165) is 25.7 Å². The zero-order valence-corrected chi connectivity index (χ0v) is 21.4. The molecule has 1 amide bonds. The molecule has 1 unspecified atom stereocenters. The van der Waals surface area contributed by atoms with Crippen LogP contribution >= 0.6 is 0 Å². The van der Waals surface area contributed by atoms with Gasteiger partial charge in [-0.1, -0.05) is 25.5 Å². The summed E-state index contributed by atoms with van der Waals surface area (Å²) in [5.41, 5.74) is 2.12. The third kappa shape index (κ3) is 4.77. The van der Waals surface area contributed by atoms with Crippen molar-refractivity contribution in [2.45, 2.75) is 83.1 Å². The zero-order chi connectivity index (χ0) is 26.4. The number of halogens is 2. The Labute approximate surface area is 216 Å². The van der Waals surface area contributed by atoms with E-state index in [9.17, 15) is 20.1 Å². The highest BCUT2D eigenvalue weighted by atomic mass is 19.3. The molecule has 37 heavy (non-hydrogen) atoms. The summed E-state index contributed by atoms with van der Waals surface area (Å²) in [4.78, 5) is 12.3. The van der Waals surface area contributed by atoms with Gasteiger partial charge in [0, 0.05) is 24.8 Å². The lowest BCUT2D eigenvalue weighted by Gasteiger charge is -2.51. The molecule has 5 rings (SSSR count). The van der Waals surface area contributed by atoms with Crippen molar-refractivity contribution in [3.8, 4) is 17.2 Å². The molecule has 7 heteroatoms. The number of carbonyl (C=O) groups excluding carboxylic acids is 1. The van der Waals surface area contributed by atoms with Gasteiger partial charge in [0.2, 0.25) is 5.91 Å². The Bertz CT molecular complexity index is 1170. The minimum atomic E-state index is -2.67. The lowest BCUT2D eigenvalue weighted by Crippen LogP contribution is -2.47. The van der Waals surface area contributed by atoms with E-state index in [4.69, 9.17) is 0 Å². The topological polar surface area (TPSA) is 89.8 Å². The minimum absolute atomic E-state index is 0.0285.